The molecular weight excluding hydrogens is 310 g/mol. The fourth-order valence-corrected chi connectivity index (χ4v) is 2.54. The molecule has 6 heteroatoms. The van der Waals surface area contributed by atoms with Crippen LogP contribution in [0, 0.1) is 0 Å². The van der Waals surface area contributed by atoms with Gasteiger partial charge in [-0.2, -0.15) is 11.8 Å². The highest BCUT2D eigenvalue weighted by Gasteiger charge is 2.04. The SMILES string of the molecule is CCCOc1ccc(Nc2nc(CSC(C)C)cc(=O)[nH]2)cc1. The fourth-order valence-electron chi connectivity index (χ4n) is 1.88. The number of rotatable bonds is 8. The molecule has 0 saturated carbocycles. The first-order chi connectivity index (χ1) is 11.1. The van der Waals surface area contributed by atoms with Crippen molar-refractivity contribution in [3.63, 3.8) is 0 Å². The highest BCUT2D eigenvalue weighted by Crippen LogP contribution is 2.19. The second kappa shape index (κ2) is 8.62. The Morgan fingerprint density at radius 1 is 1.30 bits per heavy atom. The monoisotopic (exact) mass is 333 g/mol. The molecule has 2 aromatic rings. The first-order valence-electron chi connectivity index (χ1n) is 7.78. The summed E-state index contributed by atoms with van der Waals surface area (Å²) in [5.74, 6) is 2.01. The van der Waals surface area contributed by atoms with E-state index in [1.54, 1.807) is 17.8 Å². The first-order valence-corrected chi connectivity index (χ1v) is 8.83. The van der Waals surface area contributed by atoms with Crippen LogP contribution in [0.25, 0.3) is 0 Å². The van der Waals surface area contributed by atoms with Crippen molar-refractivity contribution < 1.29 is 4.74 Å². The molecule has 0 atom stereocenters. The van der Waals surface area contributed by atoms with Gasteiger partial charge in [-0.1, -0.05) is 20.8 Å². The van der Waals surface area contributed by atoms with E-state index >= 15 is 0 Å². The Morgan fingerprint density at radius 2 is 2.04 bits per heavy atom. The van der Waals surface area contributed by atoms with Crippen LogP contribution in [-0.2, 0) is 5.75 Å². The van der Waals surface area contributed by atoms with Gasteiger partial charge in [-0.25, -0.2) is 4.98 Å². The smallest absolute Gasteiger partial charge is 0.252 e. The normalized spacial score (nSPS) is 10.8. The third-order valence-corrected chi connectivity index (χ3v) is 4.08. The van der Waals surface area contributed by atoms with Crippen LogP contribution in [-0.4, -0.2) is 21.8 Å². The van der Waals surface area contributed by atoms with Gasteiger partial charge in [0.05, 0.1) is 12.3 Å². The Hall–Kier alpha value is -1.95. The number of aromatic amines is 1. The quantitative estimate of drug-likeness (QED) is 0.766. The van der Waals surface area contributed by atoms with E-state index in [1.165, 1.54) is 0 Å². The number of anilines is 2. The molecule has 0 spiro atoms. The van der Waals surface area contributed by atoms with Crippen LogP contribution < -0.4 is 15.6 Å². The maximum atomic E-state index is 11.8. The third-order valence-electron chi connectivity index (χ3n) is 2.95. The van der Waals surface area contributed by atoms with Gasteiger partial charge in [0, 0.05) is 17.5 Å². The average Bonchev–Trinajstić information content (AvgIpc) is 2.52. The lowest BCUT2D eigenvalue weighted by Gasteiger charge is -2.09. The van der Waals surface area contributed by atoms with Gasteiger partial charge >= 0.3 is 0 Å². The summed E-state index contributed by atoms with van der Waals surface area (Å²) in [6.45, 7) is 7.03. The molecule has 0 amide bonds. The first kappa shape index (κ1) is 17.4. The van der Waals surface area contributed by atoms with E-state index in [0.717, 1.165) is 29.3 Å². The van der Waals surface area contributed by atoms with Crippen molar-refractivity contribution in [1.82, 2.24) is 9.97 Å². The molecule has 23 heavy (non-hydrogen) atoms. The molecule has 2 N–H and O–H groups in total. The summed E-state index contributed by atoms with van der Waals surface area (Å²) in [7, 11) is 0. The minimum Gasteiger partial charge on any atom is -0.494 e. The van der Waals surface area contributed by atoms with Gasteiger partial charge in [-0.05, 0) is 35.9 Å². The van der Waals surface area contributed by atoms with Gasteiger partial charge < -0.3 is 10.1 Å². The molecule has 0 saturated heterocycles. The van der Waals surface area contributed by atoms with Crippen molar-refractivity contribution in [3.05, 3.63) is 46.4 Å². The lowest BCUT2D eigenvalue weighted by Crippen LogP contribution is -2.12. The summed E-state index contributed by atoms with van der Waals surface area (Å²) < 4.78 is 5.55. The van der Waals surface area contributed by atoms with Gasteiger partial charge in [0.1, 0.15) is 5.75 Å². The summed E-state index contributed by atoms with van der Waals surface area (Å²) >= 11 is 1.76. The summed E-state index contributed by atoms with van der Waals surface area (Å²) in [4.78, 5) is 18.9. The standard InChI is InChI=1S/C17H23N3O2S/c1-4-9-22-15-7-5-13(6-8-15)18-17-19-14(10-16(21)20-17)11-23-12(2)3/h5-8,10,12H,4,9,11H2,1-3H3,(H2,18,19,20,21). The minimum absolute atomic E-state index is 0.148. The molecule has 0 aliphatic heterocycles. The van der Waals surface area contributed by atoms with E-state index in [1.807, 2.05) is 24.3 Å². The van der Waals surface area contributed by atoms with Gasteiger partial charge in [0.15, 0.2) is 0 Å². The lowest BCUT2D eigenvalue weighted by atomic mass is 10.3. The van der Waals surface area contributed by atoms with E-state index in [9.17, 15) is 4.79 Å². The Morgan fingerprint density at radius 3 is 2.70 bits per heavy atom. The number of thioether (sulfide) groups is 1. The van der Waals surface area contributed by atoms with Crippen molar-refractivity contribution in [2.24, 2.45) is 0 Å². The van der Waals surface area contributed by atoms with Crippen LogP contribution >= 0.6 is 11.8 Å². The van der Waals surface area contributed by atoms with E-state index in [4.69, 9.17) is 4.74 Å². The topological polar surface area (TPSA) is 67.0 Å². The summed E-state index contributed by atoms with van der Waals surface area (Å²) in [5.41, 5.74) is 1.48. The molecule has 124 valence electrons. The molecule has 2 rings (SSSR count). The van der Waals surface area contributed by atoms with E-state index in [0.29, 0.717) is 17.8 Å². The number of H-pyrrole nitrogens is 1. The van der Waals surface area contributed by atoms with E-state index < -0.39 is 0 Å². The maximum absolute atomic E-state index is 11.8. The van der Waals surface area contributed by atoms with Crippen LogP contribution in [0.3, 0.4) is 0 Å². The molecule has 0 aliphatic carbocycles. The van der Waals surface area contributed by atoms with Crippen molar-refractivity contribution in [2.45, 2.75) is 38.2 Å². The molecule has 1 aromatic carbocycles. The highest BCUT2D eigenvalue weighted by atomic mass is 32.2. The number of nitrogens with one attached hydrogen (secondary N) is 2. The number of hydrogen-bond donors (Lipinski definition) is 2. The van der Waals surface area contributed by atoms with Crippen LogP contribution in [0.4, 0.5) is 11.6 Å². The van der Waals surface area contributed by atoms with E-state index in [-0.39, 0.29) is 5.56 Å². The van der Waals surface area contributed by atoms with Crippen molar-refractivity contribution in [1.29, 1.82) is 0 Å². The van der Waals surface area contributed by atoms with Crippen LogP contribution in [0.15, 0.2) is 35.1 Å². The predicted molar refractivity (Wildman–Crippen MR) is 96.8 cm³/mol. The lowest BCUT2D eigenvalue weighted by molar-refractivity contribution is 0.317. The fraction of sp³-hybridized carbons (Fsp3) is 0.412. The molecule has 0 radical (unpaired) electrons. The molecular formula is C17H23N3O2S. The second-order valence-corrected chi connectivity index (χ2v) is 7.01. The zero-order valence-corrected chi connectivity index (χ0v) is 14.6. The molecule has 1 heterocycles. The van der Waals surface area contributed by atoms with Gasteiger partial charge in [-0.3, -0.25) is 9.78 Å². The van der Waals surface area contributed by atoms with Crippen LogP contribution in [0.1, 0.15) is 32.9 Å². The Bertz CT molecular complexity index is 668. The molecule has 0 unspecified atom stereocenters. The summed E-state index contributed by atoms with van der Waals surface area (Å²) in [5, 5.41) is 3.63. The maximum Gasteiger partial charge on any atom is 0.252 e. The van der Waals surface area contributed by atoms with Crippen molar-refractivity contribution >= 4 is 23.4 Å². The number of hydrogen-bond acceptors (Lipinski definition) is 5. The molecule has 5 nitrogen and oxygen atoms in total. The van der Waals surface area contributed by atoms with Gasteiger partial charge in [-0.15, -0.1) is 0 Å². The summed E-state index contributed by atoms with van der Waals surface area (Å²) in [6, 6.07) is 9.15. The average molecular weight is 333 g/mol. The number of aromatic nitrogens is 2. The zero-order chi connectivity index (χ0) is 16.7. The summed E-state index contributed by atoms with van der Waals surface area (Å²) in [6.07, 6.45) is 0.979. The highest BCUT2D eigenvalue weighted by molar-refractivity contribution is 7.99. The van der Waals surface area contributed by atoms with Crippen molar-refractivity contribution in [2.75, 3.05) is 11.9 Å². The van der Waals surface area contributed by atoms with Crippen molar-refractivity contribution in [3.8, 4) is 5.75 Å². The zero-order valence-electron chi connectivity index (χ0n) is 13.8. The molecule has 0 fully saturated rings. The van der Waals surface area contributed by atoms with Crippen LogP contribution in [0.5, 0.6) is 5.75 Å². The largest absolute Gasteiger partial charge is 0.494 e. The number of benzene rings is 1. The number of nitrogens with zero attached hydrogens (tertiary/aromatic N) is 1. The minimum atomic E-state index is -0.148. The number of ether oxygens (including phenoxy) is 1. The Labute approximate surface area is 140 Å². The molecule has 1 aromatic heterocycles. The molecule has 0 bridgehead atoms. The van der Waals surface area contributed by atoms with E-state index in [2.05, 4.69) is 36.1 Å². The van der Waals surface area contributed by atoms with Crippen LogP contribution in [0.2, 0.25) is 0 Å². The molecule has 0 aliphatic rings. The third kappa shape index (κ3) is 5.98. The second-order valence-electron chi connectivity index (χ2n) is 5.44. The Kier molecular flexibility index (Phi) is 6.52. The Balaban J connectivity index is 2.05. The van der Waals surface area contributed by atoms with Gasteiger partial charge in [0.25, 0.3) is 5.56 Å². The van der Waals surface area contributed by atoms with Gasteiger partial charge in [0.2, 0.25) is 5.95 Å². The predicted octanol–water partition coefficient (Wildman–Crippen LogP) is 3.94.